The van der Waals surface area contributed by atoms with Crippen LogP contribution >= 0.6 is 0 Å². The third-order valence-corrected chi connectivity index (χ3v) is 3.82. The molecule has 4 N–H and O–H groups in total. The van der Waals surface area contributed by atoms with Crippen LogP contribution in [0.2, 0.25) is 0 Å². The molecule has 0 unspecified atom stereocenters. The Bertz CT molecular complexity index is 913. The number of aromatic amines is 1. The van der Waals surface area contributed by atoms with Crippen LogP contribution in [-0.2, 0) is 7.05 Å². The monoisotopic (exact) mass is 312 g/mol. The number of phenolic OH excluding ortho intramolecular Hbond substituents is 1. The number of aromatic nitrogens is 3. The van der Waals surface area contributed by atoms with Gasteiger partial charge >= 0.3 is 0 Å². The number of carbonyl (C=O) groups is 1. The fraction of sp³-hybridized carbons (Fsp3) is 0.294. The third kappa shape index (κ3) is 2.46. The van der Waals surface area contributed by atoms with Gasteiger partial charge in [0.1, 0.15) is 5.52 Å². The Morgan fingerprint density at radius 3 is 2.61 bits per heavy atom. The van der Waals surface area contributed by atoms with Gasteiger partial charge in [0, 0.05) is 18.7 Å². The van der Waals surface area contributed by atoms with E-state index in [4.69, 9.17) is 5.73 Å². The number of H-pyrrole nitrogens is 1. The fourth-order valence-electron chi connectivity index (χ4n) is 2.60. The number of anilines is 1. The number of nitrogen functional groups attached to an aromatic ring is 1. The summed E-state index contributed by atoms with van der Waals surface area (Å²) < 4.78 is 1.85. The van der Waals surface area contributed by atoms with Crippen molar-refractivity contribution >= 4 is 22.5 Å². The van der Waals surface area contributed by atoms with Crippen molar-refractivity contribution in [2.45, 2.75) is 20.8 Å². The molecule has 0 bridgehead atoms. The maximum absolute atomic E-state index is 12.4. The van der Waals surface area contributed by atoms with E-state index in [0.717, 1.165) is 5.69 Å². The van der Waals surface area contributed by atoms with Crippen molar-refractivity contribution in [3.63, 3.8) is 0 Å². The maximum atomic E-state index is 12.4. The standard InChI is InChI=1S/C17H20N4O2/c1-17(2,3)15(23)10-5-6-11-13(14(10)22)20-16(19-11)12-7-9(18)8-21(12)4/h5-8,22H,18H2,1-4H3,(H,19,20). The van der Waals surface area contributed by atoms with Crippen LogP contribution in [0.15, 0.2) is 24.4 Å². The van der Waals surface area contributed by atoms with E-state index in [1.165, 1.54) is 0 Å². The summed E-state index contributed by atoms with van der Waals surface area (Å²) in [5.74, 6) is 0.381. The summed E-state index contributed by atoms with van der Waals surface area (Å²) in [6.07, 6.45) is 1.79. The summed E-state index contributed by atoms with van der Waals surface area (Å²) in [4.78, 5) is 20.0. The van der Waals surface area contributed by atoms with Crippen molar-refractivity contribution in [3.05, 3.63) is 30.0 Å². The second kappa shape index (κ2) is 4.87. The van der Waals surface area contributed by atoms with Crippen molar-refractivity contribution < 1.29 is 9.90 Å². The van der Waals surface area contributed by atoms with Gasteiger partial charge in [-0.25, -0.2) is 4.98 Å². The Morgan fingerprint density at radius 2 is 2.04 bits per heavy atom. The normalized spacial score (nSPS) is 12.0. The summed E-state index contributed by atoms with van der Waals surface area (Å²) in [6, 6.07) is 5.19. The number of carbonyl (C=O) groups excluding carboxylic acids is 1. The molecule has 0 saturated carbocycles. The first-order chi connectivity index (χ1) is 10.7. The number of benzene rings is 1. The molecule has 2 aromatic heterocycles. The highest BCUT2D eigenvalue weighted by Crippen LogP contribution is 2.33. The average Bonchev–Trinajstić information content (AvgIpc) is 3.01. The first kappa shape index (κ1) is 15.1. The van der Waals surface area contributed by atoms with Crippen molar-refractivity contribution in [3.8, 4) is 17.3 Å². The van der Waals surface area contributed by atoms with E-state index in [-0.39, 0.29) is 17.1 Å². The third-order valence-electron chi connectivity index (χ3n) is 3.82. The number of aryl methyl sites for hydroxylation is 1. The van der Waals surface area contributed by atoms with Crippen LogP contribution in [0.4, 0.5) is 5.69 Å². The molecule has 0 aliphatic heterocycles. The molecule has 0 aliphatic carbocycles. The summed E-state index contributed by atoms with van der Waals surface area (Å²) in [7, 11) is 1.87. The number of aromatic hydroxyl groups is 1. The van der Waals surface area contributed by atoms with Gasteiger partial charge in [0.15, 0.2) is 17.4 Å². The molecule has 3 aromatic rings. The number of hydrogen-bond donors (Lipinski definition) is 3. The molecule has 0 fully saturated rings. The lowest BCUT2D eigenvalue weighted by atomic mass is 9.86. The highest BCUT2D eigenvalue weighted by Gasteiger charge is 2.27. The van der Waals surface area contributed by atoms with Crippen molar-refractivity contribution in [2.24, 2.45) is 12.5 Å². The minimum atomic E-state index is -0.573. The number of imidazole rings is 1. The largest absolute Gasteiger partial charge is 0.505 e. The Labute approximate surface area is 134 Å². The Balaban J connectivity index is 2.16. The smallest absolute Gasteiger partial charge is 0.171 e. The quantitative estimate of drug-likeness (QED) is 0.633. The number of ketones is 1. The van der Waals surface area contributed by atoms with Gasteiger partial charge in [-0.2, -0.15) is 0 Å². The van der Waals surface area contributed by atoms with Crippen molar-refractivity contribution in [1.82, 2.24) is 14.5 Å². The van der Waals surface area contributed by atoms with Crippen LogP contribution < -0.4 is 5.73 Å². The van der Waals surface area contributed by atoms with E-state index in [2.05, 4.69) is 9.97 Å². The SMILES string of the molecule is Cn1cc(N)cc1-c1nc2c(O)c(C(=O)C(C)(C)C)ccc2[nH]1. The van der Waals surface area contributed by atoms with Gasteiger partial charge in [-0.1, -0.05) is 20.8 Å². The highest BCUT2D eigenvalue weighted by molar-refractivity contribution is 6.06. The van der Waals surface area contributed by atoms with Gasteiger partial charge in [-0.3, -0.25) is 4.79 Å². The number of nitrogens with zero attached hydrogens (tertiary/aromatic N) is 2. The summed E-state index contributed by atoms with van der Waals surface area (Å²) in [5.41, 5.74) is 8.01. The lowest BCUT2D eigenvalue weighted by Gasteiger charge is -2.17. The van der Waals surface area contributed by atoms with E-state index in [9.17, 15) is 9.90 Å². The van der Waals surface area contributed by atoms with E-state index in [1.807, 2.05) is 32.4 Å². The van der Waals surface area contributed by atoms with Crippen LogP contribution in [0.25, 0.3) is 22.6 Å². The Morgan fingerprint density at radius 1 is 1.35 bits per heavy atom. The van der Waals surface area contributed by atoms with Crippen LogP contribution in [0.3, 0.4) is 0 Å². The van der Waals surface area contributed by atoms with Gasteiger partial charge in [0.05, 0.1) is 22.5 Å². The molecule has 0 saturated heterocycles. The molecule has 0 spiro atoms. The minimum absolute atomic E-state index is 0.0906. The summed E-state index contributed by atoms with van der Waals surface area (Å²) in [5, 5.41) is 10.5. The van der Waals surface area contributed by atoms with Gasteiger partial charge in [0.25, 0.3) is 0 Å². The molecular formula is C17H20N4O2. The average molecular weight is 312 g/mol. The van der Waals surface area contributed by atoms with Crippen molar-refractivity contribution in [1.29, 1.82) is 0 Å². The number of Topliss-reactive ketones (excluding diaryl/α,β-unsaturated/α-hetero) is 1. The minimum Gasteiger partial charge on any atom is -0.505 e. The number of nitrogens with two attached hydrogens (primary N) is 1. The Kier molecular flexibility index (Phi) is 3.21. The molecule has 1 aromatic carbocycles. The molecule has 0 amide bonds. The van der Waals surface area contributed by atoms with Gasteiger partial charge in [0.2, 0.25) is 0 Å². The van der Waals surface area contributed by atoms with Crippen LogP contribution in [-0.4, -0.2) is 25.4 Å². The second-order valence-electron chi connectivity index (χ2n) is 6.79. The predicted molar refractivity (Wildman–Crippen MR) is 90.4 cm³/mol. The molecule has 3 rings (SSSR count). The molecule has 2 heterocycles. The zero-order valence-electron chi connectivity index (χ0n) is 13.6. The van der Waals surface area contributed by atoms with E-state index < -0.39 is 5.41 Å². The van der Waals surface area contributed by atoms with Crippen LogP contribution in [0.5, 0.6) is 5.75 Å². The van der Waals surface area contributed by atoms with Crippen molar-refractivity contribution in [2.75, 3.05) is 5.73 Å². The summed E-state index contributed by atoms with van der Waals surface area (Å²) in [6.45, 7) is 5.46. The number of rotatable bonds is 2. The topological polar surface area (TPSA) is 96.9 Å². The van der Waals surface area contributed by atoms with Crippen LogP contribution in [0.1, 0.15) is 31.1 Å². The molecule has 6 heteroatoms. The molecular weight excluding hydrogens is 292 g/mol. The molecule has 0 radical (unpaired) electrons. The zero-order valence-corrected chi connectivity index (χ0v) is 13.6. The molecule has 0 atom stereocenters. The fourth-order valence-corrected chi connectivity index (χ4v) is 2.60. The van der Waals surface area contributed by atoms with E-state index in [1.54, 1.807) is 24.4 Å². The lowest BCUT2D eigenvalue weighted by molar-refractivity contribution is 0.0855. The van der Waals surface area contributed by atoms with Gasteiger partial charge < -0.3 is 20.4 Å². The Hall–Kier alpha value is -2.76. The zero-order chi connectivity index (χ0) is 16.9. The van der Waals surface area contributed by atoms with E-state index >= 15 is 0 Å². The highest BCUT2D eigenvalue weighted by atomic mass is 16.3. The number of hydrogen-bond acceptors (Lipinski definition) is 4. The molecule has 120 valence electrons. The van der Waals surface area contributed by atoms with Gasteiger partial charge in [-0.15, -0.1) is 0 Å². The first-order valence-corrected chi connectivity index (χ1v) is 7.37. The molecule has 23 heavy (non-hydrogen) atoms. The number of fused-ring (bicyclic) bond motifs is 1. The lowest BCUT2D eigenvalue weighted by Crippen LogP contribution is -2.20. The molecule has 6 nitrogen and oxygen atoms in total. The van der Waals surface area contributed by atoms with Gasteiger partial charge in [-0.05, 0) is 18.2 Å². The maximum Gasteiger partial charge on any atom is 0.171 e. The number of phenols is 1. The van der Waals surface area contributed by atoms with E-state index in [0.29, 0.717) is 22.5 Å². The second-order valence-corrected chi connectivity index (χ2v) is 6.79. The first-order valence-electron chi connectivity index (χ1n) is 7.37. The molecule has 0 aliphatic rings. The number of nitrogens with one attached hydrogen (secondary N) is 1. The summed E-state index contributed by atoms with van der Waals surface area (Å²) >= 11 is 0. The predicted octanol–water partition coefficient (Wildman–Crippen LogP) is 3.09. The van der Waals surface area contributed by atoms with Crippen LogP contribution in [0, 0.1) is 5.41 Å².